The third kappa shape index (κ3) is 2.48. The highest BCUT2D eigenvalue weighted by molar-refractivity contribution is 7.92. The average Bonchev–Trinajstić information content (AvgIpc) is 1.90. The van der Waals surface area contributed by atoms with E-state index in [0.717, 1.165) is 25.8 Å². The first kappa shape index (κ1) is 12.0. The maximum absolute atomic E-state index is 11.6. The smallest absolute Gasteiger partial charge is 0.154 e. The summed E-state index contributed by atoms with van der Waals surface area (Å²) in [6.07, 6.45) is 4.08. The predicted molar refractivity (Wildman–Crippen MR) is 59.1 cm³/mol. The largest absolute Gasteiger partial charge is 0.315 e. The topological polar surface area (TPSA) is 46.2 Å². The Hall–Kier alpha value is -0.0900. The molecule has 4 heteroatoms. The third-order valence-electron chi connectivity index (χ3n) is 3.05. The summed E-state index contributed by atoms with van der Waals surface area (Å²) in [5, 5.41) is 3.25. The third-order valence-corrected chi connectivity index (χ3v) is 5.18. The monoisotopic (exact) mass is 219 g/mol. The van der Waals surface area contributed by atoms with E-state index in [4.69, 9.17) is 0 Å². The van der Waals surface area contributed by atoms with Gasteiger partial charge in [-0.05, 0) is 25.3 Å². The molecule has 0 bridgehead atoms. The fraction of sp³-hybridized carbons (Fsp3) is 1.00. The number of hydrogen-bond acceptors (Lipinski definition) is 3. The van der Waals surface area contributed by atoms with Gasteiger partial charge in [-0.1, -0.05) is 20.3 Å². The molecular formula is C10H21NO2S. The van der Waals surface area contributed by atoms with Crippen LogP contribution in [0, 0.1) is 5.92 Å². The zero-order valence-electron chi connectivity index (χ0n) is 9.34. The van der Waals surface area contributed by atoms with Crippen molar-refractivity contribution < 1.29 is 8.42 Å². The quantitative estimate of drug-likeness (QED) is 0.756. The van der Waals surface area contributed by atoms with Crippen molar-refractivity contribution >= 4 is 9.84 Å². The summed E-state index contributed by atoms with van der Waals surface area (Å²) in [7, 11) is -2.89. The predicted octanol–water partition coefficient (Wildman–Crippen LogP) is 1.20. The lowest BCUT2D eigenvalue weighted by molar-refractivity contribution is 0.319. The van der Waals surface area contributed by atoms with E-state index in [0.29, 0.717) is 12.5 Å². The van der Waals surface area contributed by atoms with Gasteiger partial charge < -0.3 is 5.32 Å². The van der Waals surface area contributed by atoms with Gasteiger partial charge in [-0.3, -0.25) is 0 Å². The van der Waals surface area contributed by atoms with E-state index in [1.165, 1.54) is 6.26 Å². The Bertz CT molecular complexity index is 278. The van der Waals surface area contributed by atoms with Crippen molar-refractivity contribution in [3.8, 4) is 0 Å². The molecule has 0 aromatic rings. The van der Waals surface area contributed by atoms with Gasteiger partial charge in [0.15, 0.2) is 9.84 Å². The fourth-order valence-electron chi connectivity index (χ4n) is 1.84. The van der Waals surface area contributed by atoms with E-state index in [-0.39, 0.29) is 0 Å². The first-order valence-electron chi connectivity index (χ1n) is 5.28. The SMILES string of the molecule is CC(C)CNCC1(S(C)(=O)=O)CCC1. The van der Waals surface area contributed by atoms with Gasteiger partial charge in [0.1, 0.15) is 0 Å². The minimum atomic E-state index is -2.89. The Kier molecular flexibility index (Phi) is 3.58. The second kappa shape index (κ2) is 4.19. The molecule has 0 unspecified atom stereocenters. The van der Waals surface area contributed by atoms with Crippen LogP contribution in [0.3, 0.4) is 0 Å². The molecule has 0 aliphatic heterocycles. The zero-order valence-corrected chi connectivity index (χ0v) is 10.2. The number of rotatable bonds is 5. The lowest BCUT2D eigenvalue weighted by Gasteiger charge is -2.40. The first-order valence-corrected chi connectivity index (χ1v) is 7.17. The van der Waals surface area contributed by atoms with E-state index in [2.05, 4.69) is 19.2 Å². The average molecular weight is 219 g/mol. The Morgan fingerprint density at radius 2 is 1.93 bits per heavy atom. The molecule has 84 valence electrons. The second-order valence-electron chi connectivity index (χ2n) is 4.83. The fourth-order valence-corrected chi connectivity index (χ4v) is 3.23. The summed E-state index contributed by atoms with van der Waals surface area (Å²) in [6, 6.07) is 0. The van der Waals surface area contributed by atoms with Crippen molar-refractivity contribution in [2.75, 3.05) is 19.3 Å². The van der Waals surface area contributed by atoms with Crippen molar-refractivity contribution in [2.45, 2.75) is 37.9 Å². The molecule has 0 aromatic heterocycles. The minimum absolute atomic E-state index is 0.443. The molecule has 1 N–H and O–H groups in total. The van der Waals surface area contributed by atoms with Crippen molar-refractivity contribution in [3.63, 3.8) is 0 Å². The Balaban J connectivity index is 2.48. The van der Waals surface area contributed by atoms with Crippen molar-refractivity contribution in [2.24, 2.45) is 5.92 Å². The highest BCUT2D eigenvalue weighted by Crippen LogP contribution is 2.38. The van der Waals surface area contributed by atoms with E-state index in [9.17, 15) is 8.42 Å². The Morgan fingerprint density at radius 1 is 1.36 bits per heavy atom. The summed E-state index contributed by atoms with van der Waals surface area (Å²) in [4.78, 5) is 0. The van der Waals surface area contributed by atoms with Gasteiger partial charge >= 0.3 is 0 Å². The maximum atomic E-state index is 11.6. The van der Waals surface area contributed by atoms with E-state index in [1.54, 1.807) is 0 Å². The van der Waals surface area contributed by atoms with Gasteiger partial charge in [-0.25, -0.2) is 8.42 Å². The summed E-state index contributed by atoms with van der Waals surface area (Å²) < 4.78 is 22.7. The van der Waals surface area contributed by atoms with Gasteiger partial charge in [0.2, 0.25) is 0 Å². The van der Waals surface area contributed by atoms with Crippen LogP contribution in [0.5, 0.6) is 0 Å². The molecule has 0 heterocycles. The highest BCUT2D eigenvalue weighted by atomic mass is 32.2. The molecule has 1 saturated carbocycles. The van der Waals surface area contributed by atoms with Crippen LogP contribution in [0.25, 0.3) is 0 Å². The van der Waals surface area contributed by atoms with Gasteiger partial charge in [0.25, 0.3) is 0 Å². The Labute approximate surface area is 87.2 Å². The molecule has 0 spiro atoms. The minimum Gasteiger partial charge on any atom is -0.315 e. The van der Waals surface area contributed by atoms with Crippen LogP contribution in [0.4, 0.5) is 0 Å². The van der Waals surface area contributed by atoms with Gasteiger partial charge in [-0.2, -0.15) is 0 Å². The molecule has 1 aliphatic carbocycles. The van der Waals surface area contributed by atoms with Crippen LogP contribution in [-0.4, -0.2) is 32.5 Å². The molecule has 0 saturated heterocycles. The van der Waals surface area contributed by atoms with Crippen LogP contribution in [-0.2, 0) is 9.84 Å². The van der Waals surface area contributed by atoms with Crippen LogP contribution in [0.2, 0.25) is 0 Å². The molecule has 1 aliphatic rings. The molecule has 14 heavy (non-hydrogen) atoms. The number of nitrogens with one attached hydrogen (secondary N) is 1. The van der Waals surface area contributed by atoms with Crippen molar-refractivity contribution in [1.29, 1.82) is 0 Å². The molecular weight excluding hydrogens is 198 g/mol. The normalized spacial score (nSPS) is 20.9. The van der Waals surface area contributed by atoms with Gasteiger partial charge in [-0.15, -0.1) is 0 Å². The highest BCUT2D eigenvalue weighted by Gasteiger charge is 2.45. The van der Waals surface area contributed by atoms with Crippen LogP contribution in [0.1, 0.15) is 33.1 Å². The summed E-state index contributed by atoms with van der Waals surface area (Å²) >= 11 is 0. The molecule has 0 atom stereocenters. The molecule has 3 nitrogen and oxygen atoms in total. The van der Waals surface area contributed by atoms with Crippen LogP contribution in [0.15, 0.2) is 0 Å². The number of sulfone groups is 1. The molecule has 0 aromatic carbocycles. The summed E-state index contributed by atoms with van der Waals surface area (Å²) in [5.41, 5.74) is 0. The lowest BCUT2D eigenvalue weighted by atomic mass is 9.84. The Morgan fingerprint density at radius 3 is 2.21 bits per heavy atom. The standard InChI is InChI=1S/C10H21NO2S/c1-9(2)7-11-8-10(5-4-6-10)14(3,12)13/h9,11H,4-8H2,1-3H3. The molecule has 1 rings (SSSR count). The second-order valence-corrected chi connectivity index (χ2v) is 7.24. The van der Waals surface area contributed by atoms with Gasteiger partial charge in [0, 0.05) is 12.8 Å². The summed E-state index contributed by atoms with van der Waals surface area (Å²) in [5.74, 6) is 0.576. The molecule has 0 amide bonds. The van der Waals surface area contributed by atoms with Crippen LogP contribution < -0.4 is 5.32 Å². The first-order chi connectivity index (χ1) is 6.37. The number of hydrogen-bond donors (Lipinski definition) is 1. The van der Waals surface area contributed by atoms with E-state index >= 15 is 0 Å². The van der Waals surface area contributed by atoms with Crippen LogP contribution >= 0.6 is 0 Å². The van der Waals surface area contributed by atoms with Crippen molar-refractivity contribution in [1.82, 2.24) is 5.32 Å². The molecule has 0 radical (unpaired) electrons. The van der Waals surface area contributed by atoms with Gasteiger partial charge in [0.05, 0.1) is 4.75 Å². The van der Waals surface area contributed by atoms with Crippen molar-refractivity contribution in [3.05, 3.63) is 0 Å². The van der Waals surface area contributed by atoms with E-state index in [1.807, 2.05) is 0 Å². The maximum Gasteiger partial charge on any atom is 0.154 e. The summed E-state index contributed by atoms with van der Waals surface area (Å²) in [6.45, 7) is 5.78. The zero-order chi connectivity index (χ0) is 10.8. The molecule has 1 fully saturated rings. The lowest BCUT2D eigenvalue weighted by Crippen LogP contribution is -2.52. The van der Waals surface area contributed by atoms with E-state index < -0.39 is 14.6 Å².